The van der Waals surface area contributed by atoms with Gasteiger partial charge in [-0.15, -0.1) is 10.2 Å². The molecule has 1 rings (SSSR count). The molecule has 0 N–H and O–H groups in total. The third kappa shape index (κ3) is 1.97. The molecule has 10 heavy (non-hydrogen) atoms. The van der Waals surface area contributed by atoms with Gasteiger partial charge in [0.1, 0.15) is 0 Å². The van der Waals surface area contributed by atoms with Crippen LogP contribution in [0.1, 0.15) is 13.3 Å². The molecule has 0 saturated carbocycles. The van der Waals surface area contributed by atoms with Gasteiger partial charge in [-0.1, -0.05) is 6.92 Å². The minimum absolute atomic E-state index is 0.678. The number of hydrogen-bond acceptors (Lipinski definition) is 4. The maximum absolute atomic E-state index is 5.19. The first-order chi connectivity index (χ1) is 4.93. The van der Waals surface area contributed by atoms with Crippen molar-refractivity contribution in [3.05, 3.63) is 12.4 Å². The van der Waals surface area contributed by atoms with Crippen LogP contribution in [0, 0.1) is 0 Å². The molecule has 0 unspecified atom stereocenters. The van der Waals surface area contributed by atoms with Gasteiger partial charge in [-0.05, 0) is 11.6 Å². The van der Waals surface area contributed by atoms with Crippen molar-refractivity contribution in [3.63, 3.8) is 0 Å². The Kier molecular flexibility index (Phi) is 2.61. The molecule has 0 spiro atoms. The van der Waals surface area contributed by atoms with Crippen LogP contribution in [0.3, 0.4) is 0 Å². The summed E-state index contributed by atoms with van der Waals surface area (Å²) in [4.78, 5) is 0. The predicted molar refractivity (Wildman–Crippen MR) is 35.6 cm³/mol. The summed E-state index contributed by atoms with van der Waals surface area (Å²) in [6, 6.07) is 0. The zero-order valence-electron chi connectivity index (χ0n) is 5.82. The lowest BCUT2D eigenvalue weighted by atomic mass is 10.5. The average Bonchev–Trinajstić information content (AvgIpc) is 2.03. The van der Waals surface area contributed by atoms with Crippen molar-refractivity contribution >= 4 is 0 Å². The van der Waals surface area contributed by atoms with Crippen molar-refractivity contribution in [2.24, 2.45) is 0 Å². The van der Waals surface area contributed by atoms with Crippen molar-refractivity contribution in [3.8, 4) is 5.75 Å². The van der Waals surface area contributed by atoms with E-state index < -0.39 is 0 Å². The zero-order valence-corrected chi connectivity index (χ0v) is 5.82. The van der Waals surface area contributed by atoms with E-state index in [2.05, 4.69) is 15.4 Å². The lowest BCUT2D eigenvalue weighted by molar-refractivity contribution is 0.313. The molecule has 1 heterocycles. The SMILES string of the molecule is CCCOc1cnnnc1. The van der Waals surface area contributed by atoms with Crippen molar-refractivity contribution in [2.75, 3.05) is 6.61 Å². The summed E-state index contributed by atoms with van der Waals surface area (Å²) < 4.78 is 5.19. The van der Waals surface area contributed by atoms with Gasteiger partial charge in [0.15, 0.2) is 5.75 Å². The quantitative estimate of drug-likeness (QED) is 0.617. The molecule has 1 aromatic rings. The van der Waals surface area contributed by atoms with E-state index in [9.17, 15) is 0 Å². The third-order valence-corrected chi connectivity index (χ3v) is 0.946. The van der Waals surface area contributed by atoms with Crippen LogP contribution in [-0.4, -0.2) is 22.0 Å². The van der Waals surface area contributed by atoms with Crippen LogP contribution >= 0.6 is 0 Å². The largest absolute Gasteiger partial charge is 0.490 e. The molecule has 0 saturated heterocycles. The Morgan fingerprint density at radius 1 is 1.40 bits per heavy atom. The van der Waals surface area contributed by atoms with Gasteiger partial charge < -0.3 is 4.74 Å². The first-order valence-electron chi connectivity index (χ1n) is 3.19. The van der Waals surface area contributed by atoms with Crippen LogP contribution < -0.4 is 4.74 Å². The van der Waals surface area contributed by atoms with Gasteiger partial charge >= 0.3 is 0 Å². The Morgan fingerprint density at radius 3 is 2.70 bits per heavy atom. The van der Waals surface area contributed by atoms with Gasteiger partial charge in [-0.25, -0.2) is 0 Å². The highest BCUT2D eigenvalue weighted by Gasteiger charge is 1.89. The summed E-state index contributed by atoms with van der Waals surface area (Å²) in [5.41, 5.74) is 0. The van der Waals surface area contributed by atoms with E-state index in [0.717, 1.165) is 6.42 Å². The number of hydrogen-bond donors (Lipinski definition) is 0. The summed E-state index contributed by atoms with van der Waals surface area (Å²) >= 11 is 0. The monoisotopic (exact) mass is 139 g/mol. The maximum atomic E-state index is 5.19. The van der Waals surface area contributed by atoms with Crippen LogP contribution in [0.25, 0.3) is 0 Å². The average molecular weight is 139 g/mol. The molecule has 0 aromatic carbocycles. The normalized spacial score (nSPS) is 9.30. The van der Waals surface area contributed by atoms with Crippen molar-refractivity contribution in [1.82, 2.24) is 15.4 Å². The minimum atomic E-state index is 0.678. The van der Waals surface area contributed by atoms with Crippen LogP contribution in [0.4, 0.5) is 0 Å². The van der Waals surface area contributed by atoms with Crippen LogP contribution in [0.15, 0.2) is 12.4 Å². The molecule has 0 aliphatic carbocycles. The lowest BCUT2D eigenvalue weighted by Crippen LogP contribution is -1.96. The van der Waals surface area contributed by atoms with E-state index in [0.29, 0.717) is 12.4 Å². The van der Waals surface area contributed by atoms with E-state index in [1.165, 1.54) is 0 Å². The van der Waals surface area contributed by atoms with E-state index >= 15 is 0 Å². The summed E-state index contributed by atoms with van der Waals surface area (Å²) in [6.45, 7) is 2.75. The summed E-state index contributed by atoms with van der Waals surface area (Å²) in [6.07, 6.45) is 4.08. The second kappa shape index (κ2) is 3.76. The Bertz CT molecular complexity index is 178. The Labute approximate surface area is 59.2 Å². The number of aromatic nitrogens is 3. The molecule has 4 nitrogen and oxygen atoms in total. The molecule has 0 radical (unpaired) electrons. The minimum Gasteiger partial charge on any atom is -0.490 e. The number of nitrogens with zero attached hydrogens (tertiary/aromatic N) is 3. The zero-order chi connectivity index (χ0) is 7.23. The maximum Gasteiger partial charge on any atom is 0.159 e. The Balaban J connectivity index is 2.43. The molecule has 4 heteroatoms. The number of ether oxygens (including phenoxy) is 1. The van der Waals surface area contributed by atoms with E-state index in [-0.39, 0.29) is 0 Å². The predicted octanol–water partition coefficient (Wildman–Crippen LogP) is 0.660. The van der Waals surface area contributed by atoms with Crippen molar-refractivity contribution in [1.29, 1.82) is 0 Å². The third-order valence-electron chi connectivity index (χ3n) is 0.946. The number of rotatable bonds is 3. The van der Waals surface area contributed by atoms with Gasteiger partial charge in [0.25, 0.3) is 0 Å². The highest BCUT2D eigenvalue weighted by atomic mass is 16.5. The molecule has 0 amide bonds. The summed E-state index contributed by atoms with van der Waals surface area (Å²) in [7, 11) is 0. The van der Waals surface area contributed by atoms with Crippen molar-refractivity contribution < 1.29 is 4.74 Å². The molecule has 0 aliphatic heterocycles. The molecule has 54 valence electrons. The highest BCUT2D eigenvalue weighted by Crippen LogP contribution is 2.02. The van der Waals surface area contributed by atoms with Gasteiger partial charge in [0.2, 0.25) is 0 Å². The van der Waals surface area contributed by atoms with E-state index in [1.807, 2.05) is 6.92 Å². The Hall–Kier alpha value is -1.19. The standard InChI is InChI=1S/C6H9N3O/c1-2-3-10-6-4-7-9-8-5-6/h4-5H,2-3H2,1H3. The van der Waals surface area contributed by atoms with Gasteiger partial charge in [-0.2, -0.15) is 0 Å². The fourth-order valence-electron chi connectivity index (χ4n) is 0.523. The summed E-state index contributed by atoms with van der Waals surface area (Å²) in [5.74, 6) is 0.678. The molecule has 0 atom stereocenters. The fourth-order valence-corrected chi connectivity index (χ4v) is 0.523. The second-order valence-electron chi connectivity index (χ2n) is 1.83. The topological polar surface area (TPSA) is 47.9 Å². The van der Waals surface area contributed by atoms with Crippen LogP contribution in [0.2, 0.25) is 0 Å². The second-order valence-corrected chi connectivity index (χ2v) is 1.83. The smallest absolute Gasteiger partial charge is 0.159 e. The van der Waals surface area contributed by atoms with Crippen molar-refractivity contribution in [2.45, 2.75) is 13.3 Å². The molecule has 0 fully saturated rings. The van der Waals surface area contributed by atoms with E-state index in [4.69, 9.17) is 4.74 Å². The summed E-state index contributed by atoms with van der Waals surface area (Å²) in [5, 5.41) is 10.5. The molecule has 1 aromatic heterocycles. The van der Waals surface area contributed by atoms with Crippen LogP contribution in [0.5, 0.6) is 5.75 Å². The van der Waals surface area contributed by atoms with Gasteiger partial charge in [0, 0.05) is 0 Å². The first kappa shape index (κ1) is 6.92. The first-order valence-corrected chi connectivity index (χ1v) is 3.19. The fraction of sp³-hybridized carbons (Fsp3) is 0.500. The molecule has 0 aliphatic rings. The molecule has 0 bridgehead atoms. The van der Waals surface area contributed by atoms with Gasteiger partial charge in [0.05, 0.1) is 19.0 Å². The highest BCUT2D eigenvalue weighted by molar-refractivity contribution is 5.08. The lowest BCUT2D eigenvalue weighted by Gasteiger charge is -1.99. The van der Waals surface area contributed by atoms with Gasteiger partial charge in [-0.3, -0.25) is 0 Å². The molecular weight excluding hydrogens is 130 g/mol. The molecular formula is C6H9N3O. The Morgan fingerprint density at radius 2 is 2.10 bits per heavy atom. The van der Waals surface area contributed by atoms with E-state index in [1.54, 1.807) is 12.4 Å². The van der Waals surface area contributed by atoms with Crippen LogP contribution in [-0.2, 0) is 0 Å².